The van der Waals surface area contributed by atoms with Crippen molar-refractivity contribution in [3.8, 4) is 0 Å². The molecule has 8 atom stereocenters. The molecule has 0 N–H and O–H groups in total. The number of methoxy groups -OCH3 is 1. The number of carbonyl (C=O) groups excluding carboxylic acids is 4. The van der Waals surface area contributed by atoms with E-state index >= 15 is 0 Å². The summed E-state index contributed by atoms with van der Waals surface area (Å²) in [7, 11) is 1.27. The van der Waals surface area contributed by atoms with Crippen LogP contribution in [0.15, 0.2) is 23.4 Å². The van der Waals surface area contributed by atoms with Gasteiger partial charge >= 0.3 is 11.9 Å². The fraction of sp³-hybridized carbons (Fsp3) is 0.719. The molecule has 0 radical (unpaired) electrons. The van der Waals surface area contributed by atoms with Gasteiger partial charge in [-0.15, -0.1) is 0 Å². The van der Waals surface area contributed by atoms with Gasteiger partial charge in [0, 0.05) is 16.7 Å². The van der Waals surface area contributed by atoms with Crippen molar-refractivity contribution in [1.29, 1.82) is 0 Å². The molecule has 5 aliphatic carbocycles. The van der Waals surface area contributed by atoms with Gasteiger partial charge in [-0.05, 0) is 74.7 Å². The Hall–Kier alpha value is -2.75. The maximum atomic E-state index is 14.6. The van der Waals surface area contributed by atoms with Gasteiger partial charge < -0.3 is 14.3 Å². The predicted molar refractivity (Wildman–Crippen MR) is 142 cm³/mol. The van der Waals surface area contributed by atoms with Crippen LogP contribution in [0.25, 0.3) is 4.85 Å². The maximum Gasteiger partial charge on any atom is 0.318 e. The number of ketones is 2. The Morgan fingerprint density at radius 2 is 1.67 bits per heavy atom. The molecule has 0 unspecified atom stereocenters. The lowest BCUT2D eigenvalue weighted by Crippen LogP contribution is -2.71. The first kappa shape index (κ1) is 26.5. The van der Waals surface area contributed by atoms with Crippen molar-refractivity contribution in [2.24, 2.45) is 44.3 Å². The number of esters is 2. The highest BCUT2D eigenvalue weighted by Crippen LogP contribution is 2.78. The highest BCUT2D eigenvalue weighted by molar-refractivity contribution is 6.14. The average molecular weight is 534 g/mol. The van der Waals surface area contributed by atoms with E-state index in [0.29, 0.717) is 25.7 Å². The van der Waals surface area contributed by atoms with Gasteiger partial charge in [0.2, 0.25) is 5.70 Å². The number of ether oxygens (including phenoxy) is 2. The van der Waals surface area contributed by atoms with Gasteiger partial charge in [-0.3, -0.25) is 14.4 Å². The van der Waals surface area contributed by atoms with Crippen molar-refractivity contribution in [2.45, 2.75) is 92.1 Å². The molecular weight excluding hydrogens is 494 g/mol. The lowest BCUT2D eigenvalue weighted by molar-refractivity contribution is -0.207. The Morgan fingerprint density at radius 3 is 2.31 bits per heavy atom. The van der Waals surface area contributed by atoms with Crippen molar-refractivity contribution in [3.05, 3.63) is 34.8 Å². The second kappa shape index (κ2) is 7.30. The van der Waals surface area contributed by atoms with Crippen LogP contribution >= 0.6 is 0 Å². The molecule has 208 valence electrons. The molecule has 7 nitrogen and oxygen atoms in total. The summed E-state index contributed by atoms with van der Waals surface area (Å²) in [5, 5.41) is 0. The summed E-state index contributed by atoms with van der Waals surface area (Å²) in [4.78, 5) is 58.5. The molecule has 1 saturated heterocycles. The summed E-state index contributed by atoms with van der Waals surface area (Å²) in [6.07, 6.45) is 8.38. The first-order valence-electron chi connectivity index (χ1n) is 14.3. The van der Waals surface area contributed by atoms with Crippen LogP contribution in [0.4, 0.5) is 0 Å². The Morgan fingerprint density at radius 1 is 1.00 bits per heavy atom. The fourth-order valence-electron chi connectivity index (χ4n) is 10.6. The van der Waals surface area contributed by atoms with Crippen LogP contribution in [0.3, 0.4) is 0 Å². The average Bonchev–Trinajstić information content (AvgIpc) is 3.07. The molecule has 2 bridgehead atoms. The molecule has 1 heterocycles. The summed E-state index contributed by atoms with van der Waals surface area (Å²) in [6, 6.07) is 0. The molecule has 0 aromatic carbocycles. The molecule has 4 fully saturated rings. The lowest BCUT2D eigenvalue weighted by atomic mass is 9.33. The van der Waals surface area contributed by atoms with E-state index in [-0.39, 0.29) is 28.8 Å². The Kier molecular flexibility index (Phi) is 4.96. The van der Waals surface area contributed by atoms with E-state index in [4.69, 9.17) is 16.0 Å². The van der Waals surface area contributed by atoms with Gasteiger partial charge in [-0.25, -0.2) is 4.85 Å². The summed E-state index contributed by atoms with van der Waals surface area (Å²) >= 11 is 0. The van der Waals surface area contributed by atoms with E-state index in [2.05, 4.69) is 32.5 Å². The zero-order valence-corrected chi connectivity index (χ0v) is 24.2. The first-order valence-corrected chi connectivity index (χ1v) is 14.3. The van der Waals surface area contributed by atoms with Crippen LogP contribution in [0.2, 0.25) is 0 Å². The number of hydrogen-bond acceptors (Lipinski definition) is 6. The van der Waals surface area contributed by atoms with E-state index in [9.17, 15) is 19.2 Å². The quantitative estimate of drug-likeness (QED) is 0.255. The third-order valence-electron chi connectivity index (χ3n) is 13.0. The number of carbonyl (C=O) groups is 4. The van der Waals surface area contributed by atoms with Gasteiger partial charge in [0.1, 0.15) is 5.41 Å². The number of Topliss-reactive ketones (excluding diaryl/α,β-unsaturated/α-hetero) is 1. The van der Waals surface area contributed by atoms with Gasteiger partial charge in [0.05, 0.1) is 19.1 Å². The third-order valence-corrected chi connectivity index (χ3v) is 13.0. The van der Waals surface area contributed by atoms with Crippen LogP contribution < -0.4 is 0 Å². The normalized spacial score (nSPS) is 49.2. The highest BCUT2D eigenvalue weighted by atomic mass is 16.6. The van der Waals surface area contributed by atoms with Crippen LogP contribution in [0.1, 0.15) is 86.5 Å². The second-order valence-electron chi connectivity index (χ2n) is 14.8. The lowest BCUT2D eigenvalue weighted by Gasteiger charge is -2.68. The van der Waals surface area contributed by atoms with E-state index in [0.717, 1.165) is 24.8 Å². The molecule has 1 spiro atoms. The Balaban J connectivity index is 1.60. The molecule has 0 aromatic heterocycles. The zero-order chi connectivity index (χ0) is 28.6. The predicted octanol–water partition coefficient (Wildman–Crippen LogP) is 5.39. The van der Waals surface area contributed by atoms with Crippen LogP contribution in [0.5, 0.6) is 0 Å². The van der Waals surface area contributed by atoms with Crippen molar-refractivity contribution < 1.29 is 28.7 Å². The van der Waals surface area contributed by atoms with Crippen molar-refractivity contribution in [1.82, 2.24) is 0 Å². The van der Waals surface area contributed by atoms with Crippen LogP contribution in [-0.4, -0.2) is 36.2 Å². The van der Waals surface area contributed by atoms with Crippen molar-refractivity contribution in [3.63, 3.8) is 0 Å². The van der Waals surface area contributed by atoms with E-state index in [1.807, 2.05) is 6.92 Å². The fourth-order valence-corrected chi connectivity index (χ4v) is 10.6. The number of hydrogen-bond donors (Lipinski definition) is 0. The standard InChI is InChI=1S/C32H39NO6/c1-26(2)11-13-31-14-12-29(5)28(4)10-9-19-27(3,16-18(33-7)23(35)30(19,6)24(36)38-8)20(28)15-22(34)32(29,21(31)17-26)39-25(31)37/h15-16,19,21H,9-14,17H2,1-6,8H3/t19-,21-,27+,28-,29+,30+,31+,32-/m1/s1. The minimum absolute atomic E-state index is 0.00153. The number of rotatable bonds is 1. The molecule has 3 saturated carbocycles. The molecule has 1 aliphatic heterocycles. The maximum absolute atomic E-state index is 14.6. The van der Waals surface area contributed by atoms with Gasteiger partial charge in [0.15, 0.2) is 17.2 Å². The van der Waals surface area contributed by atoms with Crippen molar-refractivity contribution >= 4 is 23.5 Å². The topological polar surface area (TPSA) is 91.1 Å². The largest absolute Gasteiger partial charge is 0.468 e. The Bertz CT molecular complexity index is 1370. The monoisotopic (exact) mass is 533 g/mol. The molecule has 6 aliphatic rings. The third kappa shape index (κ3) is 2.61. The summed E-state index contributed by atoms with van der Waals surface area (Å²) in [6.45, 7) is 20.1. The van der Waals surface area contributed by atoms with E-state index < -0.39 is 50.3 Å². The molecule has 6 rings (SSSR count). The smallest absolute Gasteiger partial charge is 0.318 e. The second-order valence-corrected chi connectivity index (χ2v) is 14.8. The van der Waals surface area contributed by atoms with Gasteiger partial charge in [-0.2, -0.15) is 0 Å². The number of allylic oxidation sites excluding steroid dienone is 3. The van der Waals surface area contributed by atoms with E-state index in [1.54, 1.807) is 19.1 Å². The zero-order valence-electron chi connectivity index (χ0n) is 24.2. The minimum Gasteiger partial charge on any atom is -0.468 e. The molecule has 0 aromatic rings. The summed E-state index contributed by atoms with van der Waals surface area (Å²) in [5.74, 6) is -2.21. The SMILES string of the molecule is [C-]#[N+]C1=C[C@]2(C)C3=CC(=O)[C@]45OC(=O)[C@@]6(CCC(C)(C)C[C@H]64)CC[C@@]5(C)[C@]3(C)CC[C@H]2[C@](C)(C(=O)OC)C1=O. The highest BCUT2D eigenvalue weighted by Gasteiger charge is 2.82. The Labute approximate surface area is 230 Å². The molecule has 0 amide bonds. The minimum atomic E-state index is -1.53. The first-order chi connectivity index (χ1) is 18.0. The number of nitrogens with zero attached hydrogens (tertiary/aromatic N) is 1. The molecular formula is C32H39NO6. The van der Waals surface area contributed by atoms with Crippen LogP contribution in [-0.2, 0) is 28.7 Å². The number of fused-ring (bicyclic) bond motifs is 4. The van der Waals surface area contributed by atoms with Crippen molar-refractivity contribution in [2.75, 3.05) is 7.11 Å². The molecule has 39 heavy (non-hydrogen) atoms. The molecule has 7 heteroatoms. The van der Waals surface area contributed by atoms with E-state index in [1.165, 1.54) is 7.11 Å². The summed E-state index contributed by atoms with van der Waals surface area (Å²) in [5.41, 5.74) is -4.73. The van der Waals surface area contributed by atoms with Gasteiger partial charge in [0.25, 0.3) is 0 Å². The summed E-state index contributed by atoms with van der Waals surface area (Å²) < 4.78 is 11.6. The van der Waals surface area contributed by atoms with Gasteiger partial charge in [-0.1, -0.05) is 46.3 Å². The van der Waals surface area contributed by atoms with Crippen LogP contribution in [0, 0.1) is 50.9 Å².